The maximum absolute atomic E-state index is 14.2. The van der Waals surface area contributed by atoms with E-state index in [0.29, 0.717) is 25.9 Å². The smallest absolute Gasteiger partial charge is 0.410 e. The standard InChI is InChI=1S/C36H50N4O9/c1-35(2,3)49-33(45)37-27-14-9-7-5-6-8-12-24-21-36(24,32(43)44)38-30(41)28-20-25(22-40(28)31(27)42)48-34(46)39-18-16-23(17-19-39)26-13-10-11-15-29(26)47-4/h8,10-13,15,23-25,27-28H,5-7,9,14,16-22H2,1-4H3,(H,37,45)(H,38,41)(H,43,44)/b12-8+/t24-,25-,27+,28+,36-/m1/s1. The molecule has 0 radical (unpaired) electrons. The van der Waals surface area contributed by atoms with Gasteiger partial charge in [0.05, 0.1) is 13.7 Å². The van der Waals surface area contributed by atoms with Gasteiger partial charge in [-0.25, -0.2) is 14.4 Å². The van der Waals surface area contributed by atoms with Gasteiger partial charge >= 0.3 is 18.2 Å². The second-order valence-electron chi connectivity index (χ2n) is 14.6. The van der Waals surface area contributed by atoms with Crippen LogP contribution in [0.15, 0.2) is 36.4 Å². The molecule has 13 heteroatoms. The number of nitrogens with zero attached hydrogens (tertiary/aromatic N) is 2. The van der Waals surface area contributed by atoms with Gasteiger partial charge in [-0.05, 0) is 76.8 Å². The van der Waals surface area contributed by atoms with Gasteiger partial charge in [0.1, 0.15) is 35.1 Å². The molecule has 49 heavy (non-hydrogen) atoms. The summed E-state index contributed by atoms with van der Waals surface area (Å²) in [5.74, 6) is -1.59. The molecule has 1 aromatic carbocycles. The molecule has 3 heterocycles. The van der Waals surface area contributed by atoms with Crippen LogP contribution in [-0.2, 0) is 23.9 Å². The number of ether oxygens (including phenoxy) is 3. The van der Waals surface area contributed by atoms with Crippen molar-refractivity contribution in [2.24, 2.45) is 5.92 Å². The summed E-state index contributed by atoms with van der Waals surface area (Å²) in [7, 11) is 1.64. The van der Waals surface area contributed by atoms with Crippen LogP contribution in [0.4, 0.5) is 9.59 Å². The van der Waals surface area contributed by atoms with E-state index in [2.05, 4.69) is 10.6 Å². The summed E-state index contributed by atoms with van der Waals surface area (Å²) >= 11 is 0. The van der Waals surface area contributed by atoms with Crippen LogP contribution in [0.3, 0.4) is 0 Å². The molecule has 268 valence electrons. The first kappa shape index (κ1) is 36.0. The molecule has 5 atom stereocenters. The summed E-state index contributed by atoms with van der Waals surface area (Å²) in [6.07, 6.45) is 6.68. The minimum atomic E-state index is -1.46. The van der Waals surface area contributed by atoms with E-state index in [4.69, 9.17) is 14.2 Å². The minimum absolute atomic E-state index is 0.00362. The first-order valence-corrected chi connectivity index (χ1v) is 17.4. The molecule has 0 unspecified atom stereocenters. The lowest BCUT2D eigenvalue weighted by atomic mass is 9.89. The van der Waals surface area contributed by atoms with Gasteiger partial charge < -0.3 is 39.8 Å². The van der Waals surface area contributed by atoms with Crippen LogP contribution >= 0.6 is 0 Å². The highest BCUT2D eigenvalue weighted by atomic mass is 16.6. The van der Waals surface area contributed by atoms with Crippen LogP contribution in [0.1, 0.15) is 90.0 Å². The van der Waals surface area contributed by atoms with E-state index >= 15 is 0 Å². The lowest BCUT2D eigenvalue weighted by Crippen LogP contribution is -2.56. The van der Waals surface area contributed by atoms with Crippen LogP contribution in [0, 0.1) is 5.92 Å². The van der Waals surface area contributed by atoms with Crippen molar-refractivity contribution in [2.45, 2.75) is 114 Å². The van der Waals surface area contributed by atoms with Crippen molar-refractivity contribution < 1.29 is 43.3 Å². The van der Waals surface area contributed by atoms with Crippen LogP contribution in [0.25, 0.3) is 0 Å². The second-order valence-corrected chi connectivity index (χ2v) is 14.6. The quantitative estimate of drug-likeness (QED) is 0.383. The molecule has 13 nitrogen and oxygen atoms in total. The molecule has 1 saturated carbocycles. The Morgan fingerprint density at radius 3 is 2.47 bits per heavy atom. The molecule has 2 saturated heterocycles. The van der Waals surface area contributed by atoms with Gasteiger partial charge in [0.25, 0.3) is 0 Å². The number of fused-ring (bicyclic) bond motifs is 2. The number of aliphatic carboxylic acids is 1. The predicted octanol–water partition coefficient (Wildman–Crippen LogP) is 4.35. The fourth-order valence-corrected chi connectivity index (χ4v) is 7.19. The summed E-state index contributed by atoms with van der Waals surface area (Å²) in [5.41, 5.74) is -1.15. The number of hydrogen-bond donors (Lipinski definition) is 3. The number of carbonyl (C=O) groups is 5. The molecule has 1 aliphatic carbocycles. The monoisotopic (exact) mass is 682 g/mol. The Labute approximate surface area is 287 Å². The number of likely N-dealkylation sites (tertiary alicyclic amines) is 1. The lowest BCUT2D eigenvalue weighted by Gasteiger charge is -2.32. The Morgan fingerprint density at radius 2 is 1.78 bits per heavy atom. The highest BCUT2D eigenvalue weighted by molar-refractivity contribution is 5.96. The van der Waals surface area contributed by atoms with Crippen LogP contribution < -0.4 is 15.4 Å². The number of alkyl carbamates (subject to hydrolysis) is 1. The van der Waals surface area contributed by atoms with Crippen molar-refractivity contribution >= 4 is 30.0 Å². The number of para-hydroxylation sites is 1. The van der Waals surface area contributed by atoms with E-state index in [1.807, 2.05) is 36.4 Å². The molecule has 3 aliphatic heterocycles. The van der Waals surface area contributed by atoms with Crippen LogP contribution in [0.2, 0.25) is 0 Å². The van der Waals surface area contributed by atoms with Crippen LogP contribution in [-0.4, -0.2) is 101 Å². The molecular weight excluding hydrogens is 632 g/mol. The molecule has 3 fully saturated rings. The number of amides is 4. The SMILES string of the molecule is COc1ccccc1C1CCN(C(=O)O[C@@H]2C[C@H]3C(=O)N[C@]4(C(=O)O)C[C@H]4/C=C/CCCCC[C@H](NC(=O)OC(C)(C)C)C(=O)N3C2)CC1. The van der Waals surface area contributed by atoms with Crippen molar-refractivity contribution in [1.82, 2.24) is 20.4 Å². The van der Waals surface area contributed by atoms with E-state index in [1.165, 1.54) is 4.90 Å². The Hall–Kier alpha value is -4.29. The largest absolute Gasteiger partial charge is 0.496 e. The van der Waals surface area contributed by atoms with Crippen molar-refractivity contribution in [2.75, 3.05) is 26.7 Å². The van der Waals surface area contributed by atoms with E-state index in [0.717, 1.165) is 43.4 Å². The number of hydrogen-bond acceptors (Lipinski definition) is 8. The number of carboxylic acids is 1. The van der Waals surface area contributed by atoms with Crippen molar-refractivity contribution in [3.8, 4) is 5.75 Å². The topological polar surface area (TPSA) is 164 Å². The zero-order chi connectivity index (χ0) is 35.3. The van der Waals surface area contributed by atoms with Gasteiger partial charge in [0.15, 0.2) is 0 Å². The molecule has 0 bridgehead atoms. The van der Waals surface area contributed by atoms with Gasteiger partial charge in [-0.3, -0.25) is 9.59 Å². The molecule has 0 aromatic heterocycles. The van der Waals surface area contributed by atoms with Gasteiger partial charge in [0.2, 0.25) is 11.8 Å². The van der Waals surface area contributed by atoms with Crippen molar-refractivity contribution in [3.05, 3.63) is 42.0 Å². The number of benzene rings is 1. The van der Waals surface area contributed by atoms with Crippen molar-refractivity contribution in [1.29, 1.82) is 0 Å². The summed E-state index contributed by atoms with van der Waals surface area (Å²) in [6.45, 7) is 6.04. The lowest BCUT2D eigenvalue weighted by molar-refractivity contribution is -0.145. The summed E-state index contributed by atoms with van der Waals surface area (Å²) in [5, 5.41) is 15.5. The normalized spacial score (nSPS) is 28.9. The second kappa shape index (κ2) is 15.1. The summed E-state index contributed by atoms with van der Waals surface area (Å²) < 4.78 is 16.9. The highest BCUT2D eigenvalue weighted by Crippen LogP contribution is 2.45. The van der Waals surface area contributed by atoms with E-state index in [-0.39, 0.29) is 31.2 Å². The Bertz CT molecular complexity index is 1430. The number of piperidine rings is 1. The fourth-order valence-electron chi connectivity index (χ4n) is 7.19. The number of allylic oxidation sites excluding steroid dienone is 1. The average Bonchev–Trinajstić information content (AvgIpc) is 3.59. The third-order valence-electron chi connectivity index (χ3n) is 9.91. The Kier molecular flexibility index (Phi) is 11.1. The maximum atomic E-state index is 14.2. The molecular formula is C36H50N4O9. The Balaban J connectivity index is 1.31. The van der Waals surface area contributed by atoms with E-state index in [9.17, 15) is 29.1 Å². The fraction of sp³-hybridized carbons (Fsp3) is 0.639. The van der Waals surface area contributed by atoms with Gasteiger partial charge in [0, 0.05) is 25.4 Å². The number of carboxylic acid groups (broad SMARTS) is 1. The third kappa shape index (κ3) is 8.66. The minimum Gasteiger partial charge on any atom is -0.496 e. The average molecular weight is 683 g/mol. The molecule has 4 amide bonds. The Morgan fingerprint density at radius 1 is 1.04 bits per heavy atom. The maximum Gasteiger partial charge on any atom is 0.410 e. The van der Waals surface area contributed by atoms with Gasteiger partial charge in [-0.15, -0.1) is 0 Å². The number of rotatable bonds is 5. The van der Waals surface area contributed by atoms with Gasteiger partial charge in [-0.1, -0.05) is 43.2 Å². The first-order chi connectivity index (χ1) is 23.3. The molecule has 0 spiro atoms. The highest BCUT2D eigenvalue weighted by Gasteiger charge is 2.61. The molecule has 3 N–H and O–H groups in total. The predicted molar refractivity (Wildman–Crippen MR) is 179 cm³/mol. The number of nitrogens with one attached hydrogen (secondary N) is 2. The third-order valence-corrected chi connectivity index (χ3v) is 9.91. The van der Waals surface area contributed by atoms with Gasteiger partial charge in [-0.2, -0.15) is 0 Å². The number of methoxy groups -OCH3 is 1. The first-order valence-electron chi connectivity index (χ1n) is 17.4. The van der Waals surface area contributed by atoms with Crippen molar-refractivity contribution in [3.63, 3.8) is 0 Å². The van der Waals surface area contributed by atoms with Crippen LogP contribution in [0.5, 0.6) is 5.75 Å². The summed E-state index contributed by atoms with van der Waals surface area (Å²) in [6, 6.07) is 5.77. The molecule has 5 rings (SSSR count). The molecule has 1 aromatic rings. The zero-order valence-corrected chi connectivity index (χ0v) is 28.9. The zero-order valence-electron chi connectivity index (χ0n) is 28.9. The van der Waals surface area contributed by atoms with E-state index in [1.54, 1.807) is 32.8 Å². The van der Waals surface area contributed by atoms with E-state index < -0.39 is 59.3 Å². The summed E-state index contributed by atoms with van der Waals surface area (Å²) in [4.78, 5) is 69.5. The number of carbonyl (C=O) groups excluding carboxylic acids is 4. The molecule has 4 aliphatic rings.